The predicted molar refractivity (Wildman–Crippen MR) is 88.1 cm³/mol. The fourth-order valence-corrected chi connectivity index (χ4v) is 3.34. The number of hydrogen-bond acceptors (Lipinski definition) is 2. The van der Waals surface area contributed by atoms with Crippen molar-refractivity contribution in [2.24, 2.45) is 0 Å². The van der Waals surface area contributed by atoms with Crippen LogP contribution in [-0.2, 0) is 6.54 Å². The fraction of sp³-hybridized carbons (Fsp3) is 0.600. The van der Waals surface area contributed by atoms with Gasteiger partial charge in [-0.25, -0.2) is 0 Å². The Bertz CT molecular complexity index is 443. The van der Waals surface area contributed by atoms with E-state index < -0.39 is 0 Å². The maximum Gasteiger partial charge on any atom is 0.0652 e. The molecule has 0 amide bonds. The van der Waals surface area contributed by atoms with E-state index in [0.717, 1.165) is 5.56 Å². The molecule has 1 aromatic rings. The topological polar surface area (TPSA) is 15.3 Å². The van der Waals surface area contributed by atoms with Crippen LogP contribution in [0.3, 0.4) is 0 Å². The molecule has 0 spiro atoms. The first-order valence-electron chi connectivity index (χ1n) is 7.20. The van der Waals surface area contributed by atoms with Gasteiger partial charge < -0.3 is 10.2 Å². The van der Waals surface area contributed by atoms with E-state index in [1.54, 1.807) is 12.1 Å². The second-order valence-corrected chi connectivity index (χ2v) is 6.51. The number of halogens is 3. The fourth-order valence-electron chi connectivity index (χ4n) is 2.65. The largest absolute Gasteiger partial charge is 0.310 e. The van der Waals surface area contributed by atoms with E-state index in [1.807, 2.05) is 0 Å². The van der Waals surface area contributed by atoms with Crippen LogP contribution in [0.25, 0.3) is 0 Å². The lowest BCUT2D eigenvalue weighted by Gasteiger charge is -2.32. The number of piperidine rings is 1. The van der Waals surface area contributed by atoms with Crippen LogP contribution >= 0.6 is 34.8 Å². The summed E-state index contributed by atoms with van der Waals surface area (Å²) in [5, 5.41) is 5.36. The van der Waals surface area contributed by atoms with Gasteiger partial charge in [0.25, 0.3) is 0 Å². The lowest BCUT2D eigenvalue weighted by Crippen LogP contribution is -2.42. The van der Waals surface area contributed by atoms with Crippen molar-refractivity contribution in [3.63, 3.8) is 0 Å². The van der Waals surface area contributed by atoms with Crippen LogP contribution in [0.15, 0.2) is 12.1 Å². The van der Waals surface area contributed by atoms with Crippen LogP contribution < -0.4 is 5.32 Å². The van der Waals surface area contributed by atoms with Crippen LogP contribution in [0.5, 0.6) is 0 Å². The molecule has 0 unspecified atom stereocenters. The summed E-state index contributed by atoms with van der Waals surface area (Å²) in [6.07, 6.45) is 3.58. The van der Waals surface area contributed by atoms with Crippen molar-refractivity contribution in [1.29, 1.82) is 0 Å². The highest BCUT2D eigenvalue weighted by Gasteiger charge is 2.19. The zero-order chi connectivity index (χ0) is 14.5. The van der Waals surface area contributed by atoms with Crippen LogP contribution in [0.2, 0.25) is 15.1 Å². The minimum Gasteiger partial charge on any atom is -0.310 e. The lowest BCUT2D eigenvalue weighted by molar-refractivity contribution is 0.197. The Balaban J connectivity index is 1.86. The van der Waals surface area contributed by atoms with Gasteiger partial charge in [-0.1, -0.05) is 41.7 Å². The molecule has 0 bridgehead atoms. The molecule has 112 valence electrons. The molecule has 0 saturated carbocycles. The van der Waals surface area contributed by atoms with Gasteiger partial charge in [-0.05, 0) is 51.0 Å². The summed E-state index contributed by atoms with van der Waals surface area (Å²) in [6, 6.07) is 4.07. The number of likely N-dealkylation sites (tertiary alicyclic amines) is 1. The first-order valence-corrected chi connectivity index (χ1v) is 8.33. The van der Waals surface area contributed by atoms with Gasteiger partial charge in [0.2, 0.25) is 0 Å². The smallest absolute Gasteiger partial charge is 0.0652 e. The number of rotatable bonds is 5. The lowest BCUT2D eigenvalue weighted by atomic mass is 10.0. The molecule has 0 radical (unpaired) electrons. The van der Waals surface area contributed by atoms with E-state index in [9.17, 15) is 0 Å². The second kappa shape index (κ2) is 7.86. The van der Waals surface area contributed by atoms with Gasteiger partial charge in [-0.3, -0.25) is 0 Å². The Labute approximate surface area is 136 Å². The van der Waals surface area contributed by atoms with E-state index in [1.165, 1.54) is 38.9 Å². The average Bonchev–Trinajstić information content (AvgIpc) is 2.45. The molecule has 1 saturated heterocycles. The highest BCUT2D eigenvalue weighted by atomic mass is 35.5. The Morgan fingerprint density at radius 1 is 1.15 bits per heavy atom. The Morgan fingerprint density at radius 2 is 1.80 bits per heavy atom. The van der Waals surface area contributed by atoms with Crippen molar-refractivity contribution in [2.75, 3.05) is 19.6 Å². The summed E-state index contributed by atoms with van der Waals surface area (Å²) in [4.78, 5) is 2.53. The molecule has 0 atom stereocenters. The van der Waals surface area contributed by atoms with Crippen molar-refractivity contribution in [2.45, 2.75) is 38.8 Å². The summed E-state index contributed by atoms with van der Waals surface area (Å²) >= 11 is 18.4. The summed E-state index contributed by atoms with van der Waals surface area (Å²) in [6.45, 7) is 6.45. The number of nitrogens with zero attached hydrogens (tertiary/aromatic N) is 1. The molecule has 0 aliphatic carbocycles. The molecule has 1 aliphatic rings. The monoisotopic (exact) mass is 334 g/mol. The number of nitrogens with one attached hydrogen (secondary N) is 1. The van der Waals surface area contributed by atoms with Gasteiger partial charge >= 0.3 is 0 Å². The first kappa shape index (κ1) is 16.4. The van der Waals surface area contributed by atoms with Gasteiger partial charge in [-0.15, -0.1) is 0 Å². The molecule has 2 nitrogen and oxygen atoms in total. The van der Waals surface area contributed by atoms with Crippen LogP contribution in [-0.4, -0.2) is 30.6 Å². The van der Waals surface area contributed by atoms with Crippen LogP contribution in [0.1, 0.15) is 31.7 Å². The Kier molecular flexibility index (Phi) is 6.44. The maximum absolute atomic E-state index is 6.22. The third-order valence-electron chi connectivity index (χ3n) is 3.83. The molecule has 5 heteroatoms. The average molecular weight is 336 g/mol. The zero-order valence-electron chi connectivity index (χ0n) is 11.8. The van der Waals surface area contributed by atoms with Gasteiger partial charge in [0.1, 0.15) is 0 Å². The van der Waals surface area contributed by atoms with E-state index in [2.05, 4.69) is 17.1 Å². The Hall–Kier alpha value is 0.01000. The predicted octanol–water partition coefficient (Wildman–Crippen LogP) is 4.61. The third-order valence-corrected chi connectivity index (χ3v) is 5.03. The van der Waals surface area contributed by atoms with E-state index >= 15 is 0 Å². The summed E-state index contributed by atoms with van der Waals surface area (Å²) in [7, 11) is 0. The summed E-state index contributed by atoms with van der Waals surface area (Å²) in [5.74, 6) is 0. The molecule has 1 aliphatic heterocycles. The van der Waals surface area contributed by atoms with Crippen molar-refractivity contribution < 1.29 is 0 Å². The summed E-state index contributed by atoms with van der Waals surface area (Å²) in [5.41, 5.74) is 0.900. The van der Waals surface area contributed by atoms with Gasteiger partial charge in [0.15, 0.2) is 0 Å². The third kappa shape index (κ3) is 4.25. The van der Waals surface area contributed by atoms with E-state index in [0.29, 0.717) is 27.7 Å². The standard InChI is InChI=1S/C15H21Cl3N2/c1-2-7-20-8-5-11(6-9-20)19-10-12-13(16)3-4-14(17)15(12)18/h3-4,11,19H,2,5-10H2,1H3. The highest BCUT2D eigenvalue weighted by molar-refractivity contribution is 6.44. The molecule has 20 heavy (non-hydrogen) atoms. The minimum atomic E-state index is 0.536. The van der Waals surface area contributed by atoms with Crippen molar-refractivity contribution in [3.05, 3.63) is 32.8 Å². The van der Waals surface area contributed by atoms with Crippen molar-refractivity contribution in [3.8, 4) is 0 Å². The molecular weight excluding hydrogens is 315 g/mol. The van der Waals surface area contributed by atoms with E-state index in [-0.39, 0.29) is 0 Å². The highest BCUT2D eigenvalue weighted by Crippen LogP contribution is 2.31. The van der Waals surface area contributed by atoms with Crippen LogP contribution in [0.4, 0.5) is 0 Å². The first-order chi connectivity index (χ1) is 9.61. The molecule has 1 N–H and O–H groups in total. The van der Waals surface area contributed by atoms with Crippen molar-refractivity contribution in [1.82, 2.24) is 10.2 Å². The normalized spacial score (nSPS) is 17.6. The van der Waals surface area contributed by atoms with Crippen molar-refractivity contribution >= 4 is 34.8 Å². The molecule has 2 rings (SSSR count). The quantitative estimate of drug-likeness (QED) is 0.790. The number of hydrogen-bond donors (Lipinski definition) is 1. The zero-order valence-corrected chi connectivity index (χ0v) is 14.0. The van der Waals surface area contributed by atoms with Crippen LogP contribution in [0, 0.1) is 0 Å². The Morgan fingerprint density at radius 3 is 2.45 bits per heavy atom. The second-order valence-electron chi connectivity index (χ2n) is 5.32. The number of benzene rings is 1. The van der Waals surface area contributed by atoms with Gasteiger partial charge in [0, 0.05) is 23.2 Å². The maximum atomic E-state index is 6.22. The van der Waals surface area contributed by atoms with Gasteiger partial charge in [0.05, 0.1) is 10.0 Å². The molecule has 0 aromatic heterocycles. The molecule has 1 aromatic carbocycles. The molecule has 1 heterocycles. The van der Waals surface area contributed by atoms with E-state index in [4.69, 9.17) is 34.8 Å². The molecule has 1 fully saturated rings. The SMILES string of the molecule is CCCN1CCC(NCc2c(Cl)ccc(Cl)c2Cl)CC1. The van der Waals surface area contributed by atoms with Gasteiger partial charge in [-0.2, -0.15) is 0 Å². The minimum absolute atomic E-state index is 0.536. The molecular formula is C15H21Cl3N2. The summed E-state index contributed by atoms with van der Waals surface area (Å²) < 4.78 is 0.